The Morgan fingerprint density at radius 2 is 1.76 bits per heavy atom. The third-order valence-electron chi connectivity index (χ3n) is 5.55. The van der Waals surface area contributed by atoms with E-state index in [9.17, 15) is 14.7 Å². The number of nitrogens with zero attached hydrogens (tertiary/aromatic N) is 1. The number of furan rings is 1. The lowest BCUT2D eigenvalue weighted by Gasteiger charge is -2.23. The maximum absolute atomic E-state index is 13.3. The molecular weight excluding hydrogens is 366 g/mol. The second-order valence-corrected chi connectivity index (χ2v) is 7.70. The fourth-order valence-electron chi connectivity index (χ4n) is 4.02. The summed E-state index contributed by atoms with van der Waals surface area (Å²) in [5, 5.41) is 11.4. The summed E-state index contributed by atoms with van der Waals surface area (Å²) >= 11 is 0. The van der Waals surface area contributed by atoms with Gasteiger partial charge in [0, 0.05) is 5.56 Å². The van der Waals surface area contributed by atoms with Gasteiger partial charge in [-0.2, -0.15) is 0 Å². The standard InChI is InChI=1S/C24H23NO4/c1-15-8-10-18(11-9-15)13-25-20-7-5-4-6-19(20)24(28,23(25)27)12-21(26)22-16(2)14-29-17(22)3/h4-11,14,28H,12-13H2,1-3H3/t24-/m0/s1. The summed E-state index contributed by atoms with van der Waals surface area (Å²) in [4.78, 5) is 27.9. The molecule has 1 aromatic heterocycles. The molecule has 148 valence electrons. The van der Waals surface area contributed by atoms with E-state index >= 15 is 0 Å². The zero-order valence-corrected chi connectivity index (χ0v) is 16.7. The molecule has 3 aromatic rings. The van der Waals surface area contributed by atoms with Gasteiger partial charge in [0.25, 0.3) is 5.91 Å². The first-order valence-corrected chi connectivity index (χ1v) is 9.58. The SMILES string of the molecule is Cc1ccc(CN2C(=O)[C@](O)(CC(=O)c3c(C)coc3C)c3ccccc32)cc1. The molecule has 0 aliphatic carbocycles. The van der Waals surface area contributed by atoms with Crippen LogP contribution in [0.5, 0.6) is 0 Å². The average molecular weight is 389 g/mol. The van der Waals surface area contributed by atoms with Gasteiger partial charge in [-0.3, -0.25) is 9.59 Å². The number of aryl methyl sites for hydroxylation is 3. The zero-order valence-electron chi connectivity index (χ0n) is 16.7. The summed E-state index contributed by atoms with van der Waals surface area (Å²) in [6, 6.07) is 15.0. The molecule has 1 aliphatic heterocycles. The molecule has 0 fully saturated rings. The maximum Gasteiger partial charge on any atom is 0.264 e. The second-order valence-electron chi connectivity index (χ2n) is 7.70. The summed E-state index contributed by atoms with van der Waals surface area (Å²) in [6.45, 7) is 5.82. The number of fused-ring (bicyclic) bond motifs is 1. The lowest BCUT2D eigenvalue weighted by Crippen LogP contribution is -2.41. The molecule has 2 heterocycles. The van der Waals surface area contributed by atoms with Crippen molar-refractivity contribution in [1.29, 1.82) is 0 Å². The summed E-state index contributed by atoms with van der Waals surface area (Å²) in [6.07, 6.45) is 1.19. The van der Waals surface area contributed by atoms with E-state index in [-0.39, 0.29) is 12.2 Å². The van der Waals surface area contributed by atoms with Crippen molar-refractivity contribution in [2.75, 3.05) is 4.90 Å². The van der Waals surface area contributed by atoms with Gasteiger partial charge in [-0.1, -0.05) is 48.0 Å². The molecule has 2 aromatic carbocycles. The highest BCUT2D eigenvalue weighted by Crippen LogP contribution is 2.43. The lowest BCUT2D eigenvalue weighted by atomic mass is 9.87. The van der Waals surface area contributed by atoms with Crippen molar-refractivity contribution in [3.8, 4) is 0 Å². The topological polar surface area (TPSA) is 70.8 Å². The predicted molar refractivity (Wildman–Crippen MR) is 110 cm³/mol. The molecule has 1 N–H and O–H groups in total. The quantitative estimate of drug-likeness (QED) is 0.664. The summed E-state index contributed by atoms with van der Waals surface area (Å²) < 4.78 is 5.32. The fraction of sp³-hybridized carbons (Fsp3) is 0.250. The van der Waals surface area contributed by atoms with Crippen molar-refractivity contribution in [2.45, 2.75) is 39.3 Å². The fourth-order valence-corrected chi connectivity index (χ4v) is 4.02. The number of amides is 1. The molecule has 5 heteroatoms. The van der Waals surface area contributed by atoms with E-state index in [1.165, 1.54) is 6.26 Å². The van der Waals surface area contributed by atoms with Crippen molar-refractivity contribution in [1.82, 2.24) is 0 Å². The number of Topliss-reactive ketones (excluding diaryl/α,β-unsaturated/α-hetero) is 1. The highest BCUT2D eigenvalue weighted by molar-refractivity contribution is 6.11. The largest absolute Gasteiger partial charge is 0.469 e. The van der Waals surface area contributed by atoms with Gasteiger partial charge in [-0.15, -0.1) is 0 Å². The van der Waals surface area contributed by atoms with Crippen LogP contribution in [0.2, 0.25) is 0 Å². The van der Waals surface area contributed by atoms with Crippen LogP contribution in [-0.4, -0.2) is 16.8 Å². The van der Waals surface area contributed by atoms with Crippen LogP contribution in [0.4, 0.5) is 5.69 Å². The average Bonchev–Trinajstić information content (AvgIpc) is 3.14. The normalized spacial score (nSPS) is 18.2. The van der Waals surface area contributed by atoms with Gasteiger partial charge in [-0.05, 0) is 38.0 Å². The number of para-hydroxylation sites is 1. The van der Waals surface area contributed by atoms with Gasteiger partial charge in [0.05, 0.1) is 30.5 Å². The molecule has 29 heavy (non-hydrogen) atoms. The summed E-state index contributed by atoms with van der Waals surface area (Å²) in [7, 11) is 0. The van der Waals surface area contributed by atoms with Crippen LogP contribution in [0.15, 0.2) is 59.2 Å². The van der Waals surface area contributed by atoms with E-state index in [4.69, 9.17) is 4.42 Å². The first kappa shape index (κ1) is 19.2. The molecule has 1 aliphatic rings. The van der Waals surface area contributed by atoms with Crippen molar-refractivity contribution >= 4 is 17.4 Å². The minimum atomic E-state index is -1.89. The van der Waals surface area contributed by atoms with Crippen LogP contribution >= 0.6 is 0 Å². The van der Waals surface area contributed by atoms with Gasteiger partial charge >= 0.3 is 0 Å². The first-order valence-electron chi connectivity index (χ1n) is 9.58. The number of carbonyl (C=O) groups excluding carboxylic acids is 2. The number of anilines is 1. The van der Waals surface area contributed by atoms with E-state index in [0.29, 0.717) is 34.7 Å². The minimum Gasteiger partial charge on any atom is -0.469 e. The van der Waals surface area contributed by atoms with Gasteiger partial charge in [0.1, 0.15) is 5.76 Å². The number of carbonyl (C=O) groups is 2. The molecule has 0 saturated carbocycles. The van der Waals surface area contributed by atoms with Crippen LogP contribution in [0.25, 0.3) is 0 Å². The lowest BCUT2D eigenvalue weighted by molar-refractivity contribution is -0.136. The Hall–Kier alpha value is -3.18. The van der Waals surface area contributed by atoms with Gasteiger partial charge < -0.3 is 14.4 Å². The molecule has 1 atom stereocenters. The maximum atomic E-state index is 13.3. The molecule has 4 rings (SSSR count). The van der Waals surface area contributed by atoms with Gasteiger partial charge in [0.2, 0.25) is 0 Å². The Labute approximate surface area is 169 Å². The highest BCUT2D eigenvalue weighted by Gasteiger charge is 2.51. The van der Waals surface area contributed by atoms with Crippen LogP contribution in [0.1, 0.15) is 44.8 Å². The van der Waals surface area contributed by atoms with Crippen LogP contribution < -0.4 is 4.90 Å². The number of ketones is 1. The van der Waals surface area contributed by atoms with Crippen molar-refractivity contribution in [3.63, 3.8) is 0 Å². The molecule has 0 saturated heterocycles. The Balaban J connectivity index is 1.69. The smallest absolute Gasteiger partial charge is 0.264 e. The Kier molecular flexibility index (Phi) is 4.63. The Morgan fingerprint density at radius 1 is 1.07 bits per heavy atom. The second kappa shape index (κ2) is 7.01. The predicted octanol–water partition coefficient (Wildman–Crippen LogP) is 4.21. The van der Waals surface area contributed by atoms with E-state index in [0.717, 1.165) is 11.1 Å². The van der Waals surface area contributed by atoms with Gasteiger partial charge in [-0.25, -0.2) is 0 Å². The van der Waals surface area contributed by atoms with Gasteiger partial charge in [0.15, 0.2) is 11.4 Å². The van der Waals surface area contributed by atoms with E-state index in [1.807, 2.05) is 37.3 Å². The van der Waals surface area contributed by atoms with Crippen LogP contribution in [0, 0.1) is 20.8 Å². The Bertz CT molecular complexity index is 1080. The molecule has 1 amide bonds. The number of benzene rings is 2. The molecule has 0 radical (unpaired) electrons. The third kappa shape index (κ3) is 3.17. The first-order chi connectivity index (χ1) is 13.8. The molecule has 0 bridgehead atoms. The van der Waals surface area contributed by atoms with Crippen LogP contribution in [0.3, 0.4) is 0 Å². The summed E-state index contributed by atoms with van der Waals surface area (Å²) in [5.41, 5.74) is 2.42. The van der Waals surface area contributed by atoms with Crippen molar-refractivity contribution in [2.24, 2.45) is 0 Å². The summed E-state index contributed by atoms with van der Waals surface area (Å²) in [5.74, 6) is -0.297. The van der Waals surface area contributed by atoms with E-state index in [1.54, 1.807) is 36.9 Å². The minimum absolute atomic E-state index is 0.309. The van der Waals surface area contributed by atoms with Crippen molar-refractivity contribution in [3.05, 3.63) is 88.4 Å². The molecular formula is C24H23NO4. The zero-order chi connectivity index (χ0) is 20.8. The number of hydrogen-bond donors (Lipinski definition) is 1. The van der Waals surface area contributed by atoms with E-state index < -0.39 is 11.5 Å². The number of rotatable bonds is 5. The molecule has 5 nitrogen and oxygen atoms in total. The van der Waals surface area contributed by atoms with Crippen molar-refractivity contribution < 1.29 is 19.1 Å². The number of hydrogen-bond acceptors (Lipinski definition) is 4. The Morgan fingerprint density at radius 3 is 2.41 bits per heavy atom. The van der Waals surface area contributed by atoms with Crippen LogP contribution in [-0.2, 0) is 16.9 Å². The number of aliphatic hydroxyl groups is 1. The third-order valence-corrected chi connectivity index (χ3v) is 5.55. The highest BCUT2D eigenvalue weighted by atomic mass is 16.3. The monoisotopic (exact) mass is 389 g/mol. The molecule has 0 spiro atoms. The molecule has 0 unspecified atom stereocenters. The van der Waals surface area contributed by atoms with E-state index in [2.05, 4.69) is 0 Å².